The first-order chi connectivity index (χ1) is 8.18. The van der Waals surface area contributed by atoms with E-state index >= 15 is 0 Å². The highest BCUT2D eigenvalue weighted by Gasteiger charge is 2.39. The Balaban J connectivity index is 2.11. The average molecular weight is 234 g/mol. The molecule has 1 fully saturated rings. The number of benzene rings is 1. The van der Waals surface area contributed by atoms with E-state index in [1.165, 1.54) is 6.07 Å². The van der Waals surface area contributed by atoms with Gasteiger partial charge in [-0.3, -0.25) is 4.79 Å². The third kappa shape index (κ3) is 1.55. The second-order valence-corrected chi connectivity index (χ2v) is 4.80. The Morgan fingerprint density at radius 2 is 2.18 bits per heavy atom. The zero-order chi connectivity index (χ0) is 12.0. The molecule has 90 valence electrons. The summed E-state index contributed by atoms with van der Waals surface area (Å²) >= 11 is 0. The minimum Gasteiger partial charge on any atom is -0.334 e. The number of hydrogen-bond acceptors (Lipinski definition) is 2. The largest absolute Gasteiger partial charge is 0.334 e. The van der Waals surface area contributed by atoms with Gasteiger partial charge in [0, 0.05) is 24.6 Å². The smallest absolute Gasteiger partial charge is 0.223 e. The Labute approximate surface area is 99.4 Å². The molecule has 1 aromatic carbocycles. The van der Waals surface area contributed by atoms with Crippen LogP contribution in [-0.2, 0) is 11.2 Å². The second kappa shape index (κ2) is 3.81. The predicted octanol–water partition coefficient (Wildman–Crippen LogP) is 1.37. The lowest BCUT2D eigenvalue weighted by Gasteiger charge is -2.43. The fourth-order valence-corrected chi connectivity index (χ4v) is 2.98. The quantitative estimate of drug-likeness (QED) is 0.737. The molecule has 0 spiro atoms. The monoisotopic (exact) mass is 234 g/mol. The van der Waals surface area contributed by atoms with Crippen molar-refractivity contribution in [3.8, 4) is 0 Å². The van der Waals surface area contributed by atoms with E-state index in [-0.39, 0.29) is 23.8 Å². The molecule has 0 saturated carbocycles. The summed E-state index contributed by atoms with van der Waals surface area (Å²) in [5.74, 6) is -0.132. The molecule has 4 heteroatoms. The maximum atomic E-state index is 13.9. The van der Waals surface area contributed by atoms with Crippen LogP contribution in [0.1, 0.15) is 30.0 Å². The molecule has 17 heavy (non-hydrogen) atoms. The molecule has 1 amide bonds. The van der Waals surface area contributed by atoms with Crippen LogP contribution >= 0.6 is 0 Å². The number of nitrogens with two attached hydrogens (primary N) is 1. The van der Waals surface area contributed by atoms with Crippen molar-refractivity contribution in [1.82, 2.24) is 4.90 Å². The Bertz CT molecular complexity index is 474. The van der Waals surface area contributed by atoms with Gasteiger partial charge in [-0.2, -0.15) is 0 Å². The second-order valence-electron chi connectivity index (χ2n) is 4.80. The molecule has 3 nitrogen and oxygen atoms in total. The van der Waals surface area contributed by atoms with Crippen LogP contribution in [0.2, 0.25) is 0 Å². The molecule has 0 radical (unpaired) electrons. The van der Waals surface area contributed by atoms with E-state index < -0.39 is 0 Å². The van der Waals surface area contributed by atoms with E-state index in [9.17, 15) is 9.18 Å². The molecule has 1 saturated heterocycles. The topological polar surface area (TPSA) is 46.3 Å². The predicted molar refractivity (Wildman–Crippen MR) is 61.8 cm³/mol. The normalized spacial score (nSPS) is 27.6. The van der Waals surface area contributed by atoms with Crippen LogP contribution in [-0.4, -0.2) is 23.4 Å². The van der Waals surface area contributed by atoms with Crippen LogP contribution < -0.4 is 5.73 Å². The number of rotatable bonds is 0. The molecule has 2 unspecified atom stereocenters. The first kappa shape index (κ1) is 10.7. The standard InChI is InChI=1S/C13H15FN2O/c14-9-3-1-2-8-6-7-16-11(17)5-4-10(15)13(16)12(8)9/h1-3,10,13H,4-7,15H2. The van der Waals surface area contributed by atoms with Crippen LogP contribution in [0, 0.1) is 5.82 Å². The SMILES string of the molecule is NC1CCC(=O)N2CCc3cccc(F)c3C12. The van der Waals surface area contributed by atoms with Crippen molar-refractivity contribution in [3.05, 3.63) is 35.1 Å². The summed E-state index contributed by atoms with van der Waals surface area (Å²) in [6, 6.07) is 4.69. The van der Waals surface area contributed by atoms with Crippen LogP contribution in [0.25, 0.3) is 0 Å². The van der Waals surface area contributed by atoms with Crippen molar-refractivity contribution in [3.63, 3.8) is 0 Å². The summed E-state index contributed by atoms with van der Waals surface area (Å²) < 4.78 is 13.9. The van der Waals surface area contributed by atoms with Gasteiger partial charge in [0.05, 0.1) is 6.04 Å². The summed E-state index contributed by atoms with van der Waals surface area (Å²) in [6.45, 7) is 0.660. The number of carbonyl (C=O) groups is 1. The fourth-order valence-electron chi connectivity index (χ4n) is 2.98. The molecule has 2 heterocycles. The molecule has 0 aromatic heterocycles. The van der Waals surface area contributed by atoms with Gasteiger partial charge in [0.25, 0.3) is 0 Å². The minimum absolute atomic E-state index is 0.102. The number of nitrogens with zero attached hydrogens (tertiary/aromatic N) is 1. The maximum Gasteiger partial charge on any atom is 0.223 e. The van der Waals surface area contributed by atoms with Gasteiger partial charge < -0.3 is 10.6 Å². The molecular formula is C13H15FN2O. The Morgan fingerprint density at radius 3 is 3.00 bits per heavy atom. The number of hydrogen-bond donors (Lipinski definition) is 1. The van der Waals surface area contributed by atoms with Crippen molar-refractivity contribution in [2.45, 2.75) is 31.3 Å². The number of amides is 1. The molecule has 2 aliphatic rings. The van der Waals surface area contributed by atoms with Gasteiger partial charge in [-0.05, 0) is 24.5 Å². The minimum atomic E-state index is -0.263. The number of piperidine rings is 1. The third-order valence-corrected chi connectivity index (χ3v) is 3.81. The average Bonchev–Trinajstić information content (AvgIpc) is 2.33. The van der Waals surface area contributed by atoms with Gasteiger partial charge in [0.2, 0.25) is 5.91 Å². The lowest BCUT2D eigenvalue weighted by atomic mass is 9.83. The summed E-state index contributed by atoms with van der Waals surface area (Å²) in [7, 11) is 0. The first-order valence-electron chi connectivity index (χ1n) is 6.01. The molecule has 1 aromatic rings. The van der Waals surface area contributed by atoms with E-state index in [1.54, 1.807) is 11.0 Å². The van der Waals surface area contributed by atoms with Gasteiger partial charge in [-0.1, -0.05) is 12.1 Å². The summed E-state index contributed by atoms with van der Waals surface area (Å²) in [5.41, 5.74) is 7.71. The van der Waals surface area contributed by atoms with Crippen molar-refractivity contribution in [1.29, 1.82) is 0 Å². The van der Waals surface area contributed by atoms with Crippen LogP contribution in [0.4, 0.5) is 4.39 Å². The van der Waals surface area contributed by atoms with Crippen LogP contribution in [0.3, 0.4) is 0 Å². The lowest BCUT2D eigenvalue weighted by molar-refractivity contribution is -0.137. The van der Waals surface area contributed by atoms with Crippen LogP contribution in [0.5, 0.6) is 0 Å². The summed E-state index contributed by atoms with van der Waals surface area (Å²) in [5, 5.41) is 0. The number of carbonyl (C=O) groups excluding carboxylic acids is 1. The summed E-state index contributed by atoms with van der Waals surface area (Å²) in [6.07, 6.45) is 1.86. The number of fused-ring (bicyclic) bond motifs is 3. The Kier molecular flexibility index (Phi) is 2.40. The molecule has 2 atom stereocenters. The Morgan fingerprint density at radius 1 is 1.35 bits per heavy atom. The van der Waals surface area contributed by atoms with Gasteiger partial charge in [0.15, 0.2) is 0 Å². The molecule has 3 rings (SSSR count). The van der Waals surface area contributed by atoms with Crippen molar-refractivity contribution >= 4 is 5.91 Å². The van der Waals surface area contributed by atoms with Crippen molar-refractivity contribution in [2.75, 3.05) is 6.54 Å². The highest BCUT2D eigenvalue weighted by molar-refractivity contribution is 5.78. The van der Waals surface area contributed by atoms with E-state index in [4.69, 9.17) is 5.73 Å². The first-order valence-corrected chi connectivity index (χ1v) is 6.01. The molecule has 0 bridgehead atoms. The van der Waals surface area contributed by atoms with E-state index in [0.717, 1.165) is 12.0 Å². The van der Waals surface area contributed by atoms with Gasteiger partial charge in [0.1, 0.15) is 5.82 Å². The zero-order valence-corrected chi connectivity index (χ0v) is 9.53. The van der Waals surface area contributed by atoms with Gasteiger partial charge in [-0.25, -0.2) is 4.39 Å². The molecule has 2 N–H and O–H groups in total. The van der Waals surface area contributed by atoms with E-state index in [0.29, 0.717) is 24.9 Å². The maximum absolute atomic E-state index is 13.9. The zero-order valence-electron chi connectivity index (χ0n) is 9.53. The third-order valence-electron chi connectivity index (χ3n) is 3.81. The van der Waals surface area contributed by atoms with Crippen LogP contribution in [0.15, 0.2) is 18.2 Å². The number of halogens is 1. The fraction of sp³-hybridized carbons (Fsp3) is 0.462. The van der Waals surface area contributed by atoms with Gasteiger partial charge >= 0.3 is 0 Å². The molecular weight excluding hydrogens is 219 g/mol. The molecule has 0 aliphatic carbocycles. The Hall–Kier alpha value is -1.42. The molecule has 2 aliphatic heterocycles. The summed E-state index contributed by atoms with van der Waals surface area (Å²) in [4.78, 5) is 13.6. The van der Waals surface area contributed by atoms with Gasteiger partial charge in [-0.15, -0.1) is 0 Å². The van der Waals surface area contributed by atoms with E-state index in [2.05, 4.69) is 0 Å². The highest BCUT2D eigenvalue weighted by Crippen LogP contribution is 2.37. The van der Waals surface area contributed by atoms with Crippen molar-refractivity contribution in [2.24, 2.45) is 5.73 Å². The van der Waals surface area contributed by atoms with E-state index in [1.807, 2.05) is 6.07 Å². The highest BCUT2D eigenvalue weighted by atomic mass is 19.1. The van der Waals surface area contributed by atoms with Crippen molar-refractivity contribution < 1.29 is 9.18 Å². The lowest BCUT2D eigenvalue weighted by Crippen LogP contribution is -2.52.